The third kappa shape index (κ3) is 4.54. The van der Waals surface area contributed by atoms with Crippen molar-refractivity contribution in [2.24, 2.45) is 0 Å². The molecule has 9 heteroatoms. The van der Waals surface area contributed by atoms with Gasteiger partial charge in [-0.1, -0.05) is 12.1 Å². The van der Waals surface area contributed by atoms with Gasteiger partial charge in [-0.25, -0.2) is 9.69 Å². The normalized spacial score (nSPS) is 17.9. The minimum absolute atomic E-state index is 0.0143. The van der Waals surface area contributed by atoms with Gasteiger partial charge in [0.1, 0.15) is 11.8 Å². The first-order chi connectivity index (χ1) is 12.3. The van der Waals surface area contributed by atoms with Crippen LogP contribution in [0.1, 0.15) is 20.3 Å². The molecule has 0 aliphatic carbocycles. The monoisotopic (exact) mass is 380 g/mol. The number of ether oxygens (including phenoxy) is 1. The van der Waals surface area contributed by atoms with E-state index in [2.05, 4.69) is 5.32 Å². The van der Waals surface area contributed by atoms with Crippen molar-refractivity contribution in [1.29, 1.82) is 0 Å². The highest BCUT2D eigenvalue weighted by molar-refractivity contribution is 8.00. The fourth-order valence-electron chi connectivity index (χ4n) is 2.54. The fraction of sp³-hybridized carbons (Fsp3) is 0.412. The summed E-state index contributed by atoms with van der Waals surface area (Å²) in [6.45, 7) is 3.41. The summed E-state index contributed by atoms with van der Waals surface area (Å²) in [5.74, 6) is -2.03. The zero-order valence-corrected chi connectivity index (χ0v) is 15.2. The van der Waals surface area contributed by atoms with Gasteiger partial charge in [0.15, 0.2) is 0 Å². The predicted molar refractivity (Wildman–Crippen MR) is 96.2 cm³/mol. The molecular weight excluding hydrogens is 360 g/mol. The van der Waals surface area contributed by atoms with Gasteiger partial charge in [0.25, 0.3) is 0 Å². The molecule has 0 radical (unpaired) electrons. The van der Waals surface area contributed by atoms with Gasteiger partial charge in [-0.3, -0.25) is 14.4 Å². The van der Waals surface area contributed by atoms with E-state index in [1.54, 1.807) is 31.2 Å². The van der Waals surface area contributed by atoms with Gasteiger partial charge < -0.3 is 15.2 Å². The molecule has 26 heavy (non-hydrogen) atoms. The van der Waals surface area contributed by atoms with Crippen molar-refractivity contribution >= 4 is 41.1 Å². The maximum Gasteiger partial charge on any atom is 0.327 e. The lowest BCUT2D eigenvalue weighted by molar-refractivity contribution is -0.140. The summed E-state index contributed by atoms with van der Waals surface area (Å²) in [5, 5.41) is 10.7. The number of anilines is 1. The topological polar surface area (TPSA) is 113 Å². The summed E-state index contributed by atoms with van der Waals surface area (Å²) in [5.41, 5.74) is 0.379. The van der Waals surface area contributed by atoms with E-state index >= 15 is 0 Å². The quantitative estimate of drug-likeness (QED) is 0.648. The van der Waals surface area contributed by atoms with Gasteiger partial charge in [0.05, 0.1) is 17.5 Å². The lowest BCUT2D eigenvalue weighted by Gasteiger charge is -2.19. The number of carbonyl (C=O) groups excluding carboxylic acids is 3. The van der Waals surface area contributed by atoms with E-state index < -0.39 is 29.1 Å². The number of hydrogen-bond acceptors (Lipinski definition) is 6. The Morgan fingerprint density at radius 1 is 1.38 bits per heavy atom. The molecule has 8 nitrogen and oxygen atoms in total. The molecule has 0 saturated carbocycles. The van der Waals surface area contributed by atoms with Crippen molar-refractivity contribution in [3.63, 3.8) is 0 Å². The highest BCUT2D eigenvalue weighted by Crippen LogP contribution is 2.35. The van der Waals surface area contributed by atoms with Crippen LogP contribution in [0.3, 0.4) is 0 Å². The van der Waals surface area contributed by atoms with Crippen molar-refractivity contribution in [3.05, 3.63) is 24.3 Å². The summed E-state index contributed by atoms with van der Waals surface area (Å²) in [6, 6.07) is 5.64. The van der Waals surface area contributed by atoms with Gasteiger partial charge in [-0.2, -0.15) is 0 Å². The van der Waals surface area contributed by atoms with Gasteiger partial charge >= 0.3 is 5.97 Å². The Morgan fingerprint density at radius 2 is 2.08 bits per heavy atom. The van der Waals surface area contributed by atoms with Crippen molar-refractivity contribution < 1.29 is 29.0 Å². The third-order valence-electron chi connectivity index (χ3n) is 3.65. The molecule has 1 aliphatic heterocycles. The Bertz CT molecular complexity index is 723. The molecule has 1 saturated heterocycles. The number of nitrogens with one attached hydrogen (secondary N) is 1. The molecular formula is C17H20N2O6S. The van der Waals surface area contributed by atoms with Crippen LogP contribution >= 0.6 is 11.8 Å². The average Bonchev–Trinajstić information content (AvgIpc) is 2.86. The second kappa shape index (κ2) is 8.70. The van der Waals surface area contributed by atoms with Gasteiger partial charge in [0, 0.05) is 19.1 Å². The molecule has 2 N–H and O–H groups in total. The highest BCUT2D eigenvalue weighted by Gasteiger charge is 2.41. The Kier molecular flexibility index (Phi) is 6.62. The molecule has 1 aliphatic rings. The van der Waals surface area contributed by atoms with Crippen molar-refractivity contribution in [2.45, 2.75) is 31.6 Å². The number of nitrogens with zero attached hydrogens (tertiary/aromatic N) is 1. The number of hydrogen-bond donors (Lipinski definition) is 2. The first-order valence-electron chi connectivity index (χ1n) is 8.05. The van der Waals surface area contributed by atoms with E-state index in [9.17, 15) is 19.2 Å². The van der Waals surface area contributed by atoms with E-state index in [1.165, 1.54) is 6.92 Å². The standard InChI is InChI=1S/C17H20N2O6S/c1-3-25-13-7-5-4-6-12(13)19-15(21)8-14(16(19)22)26-9-11(17(23)24)18-10(2)20/h4-7,11,14H,3,8-9H2,1-2H3,(H,18,20)(H,23,24)/t11-,14+/m0/s1. The molecule has 2 atom stereocenters. The first kappa shape index (κ1) is 19.8. The van der Waals surface area contributed by atoms with Gasteiger partial charge in [-0.15, -0.1) is 11.8 Å². The average molecular weight is 380 g/mol. The summed E-state index contributed by atoms with van der Waals surface area (Å²) >= 11 is 1.04. The molecule has 0 spiro atoms. The van der Waals surface area contributed by atoms with Crippen LogP contribution in [-0.4, -0.2) is 52.4 Å². The number of thioether (sulfide) groups is 1. The zero-order valence-electron chi connectivity index (χ0n) is 14.4. The van der Waals surface area contributed by atoms with Crippen LogP contribution in [0.4, 0.5) is 5.69 Å². The number of para-hydroxylation sites is 2. The zero-order chi connectivity index (χ0) is 19.3. The smallest absolute Gasteiger partial charge is 0.327 e. The fourth-order valence-corrected chi connectivity index (χ4v) is 3.70. The molecule has 0 unspecified atom stereocenters. The van der Waals surface area contributed by atoms with Crippen LogP contribution in [0.25, 0.3) is 0 Å². The van der Waals surface area contributed by atoms with Crippen LogP contribution in [-0.2, 0) is 19.2 Å². The summed E-state index contributed by atoms with van der Waals surface area (Å²) in [6.07, 6.45) is -0.0314. The van der Waals surface area contributed by atoms with E-state index in [0.29, 0.717) is 18.0 Å². The van der Waals surface area contributed by atoms with E-state index in [1.807, 2.05) is 0 Å². The lowest BCUT2D eigenvalue weighted by Crippen LogP contribution is -2.42. The molecule has 140 valence electrons. The largest absolute Gasteiger partial charge is 0.492 e. The molecule has 1 heterocycles. The Morgan fingerprint density at radius 3 is 2.69 bits per heavy atom. The number of amides is 3. The summed E-state index contributed by atoms with van der Waals surface area (Å²) in [4.78, 5) is 48.4. The van der Waals surface area contributed by atoms with Crippen molar-refractivity contribution in [1.82, 2.24) is 5.32 Å². The molecule has 2 rings (SSSR count). The van der Waals surface area contributed by atoms with Crippen molar-refractivity contribution in [3.8, 4) is 5.75 Å². The number of imide groups is 1. The van der Waals surface area contributed by atoms with Crippen molar-refractivity contribution in [2.75, 3.05) is 17.3 Å². The Hall–Kier alpha value is -2.55. The second-order valence-corrected chi connectivity index (χ2v) is 6.82. The maximum absolute atomic E-state index is 12.7. The molecule has 1 aromatic rings. The van der Waals surface area contributed by atoms with Gasteiger partial charge in [-0.05, 0) is 19.1 Å². The van der Waals surface area contributed by atoms with E-state index in [-0.39, 0.29) is 18.1 Å². The highest BCUT2D eigenvalue weighted by atomic mass is 32.2. The van der Waals surface area contributed by atoms with Crippen LogP contribution in [0.5, 0.6) is 5.75 Å². The van der Waals surface area contributed by atoms with Gasteiger partial charge in [0.2, 0.25) is 17.7 Å². The Balaban J connectivity index is 2.11. The van der Waals surface area contributed by atoms with Crippen LogP contribution < -0.4 is 15.0 Å². The predicted octanol–water partition coefficient (Wildman–Crippen LogP) is 1.04. The summed E-state index contributed by atoms with van der Waals surface area (Å²) < 4.78 is 5.48. The molecule has 1 fully saturated rings. The number of carboxylic acid groups (broad SMARTS) is 1. The maximum atomic E-state index is 12.7. The van der Waals surface area contributed by atoms with E-state index in [0.717, 1.165) is 16.7 Å². The molecule has 3 amide bonds. The molecule has 0 aromatic heterocycles. The lowest BCUT2D eigenvalue weighted by atomic mass is 10.2. The Labute approximate surface area is 154 Å². The first-order valence-corrected chi connectivity index (χ1v) is 9.10. The number of carbonyl (C=O) groups is 4. The third-order valence-corrected chi connectivity index (χ3v) is 4.95. The minimum atomic E-state index is -1.19. The SMILES string of the molecule is CCOc1ccccc1N1C(=O)C[C@@H](SC[C@H](NC(C)=O)C(=O)O)C1=O. The minimum Gasteiger partial charge on any atom is -0.492 e. The van der Waals surface area contributed by atoms with Crippen LogP contribution in [0.2, 0.25) is 0 Å². The van der Waals surface area contributed by atoms with Crippen LogP contribution in [0.15, 0.2) is 24.3 Å². The number of aliphatic carboxylic acids is 1. The molecule has 1 aromatic carbocycles. The number of carboxylic acids is 1. The number of rotatable bonds is 8. The second-order valence-electron chi connectivity index (χ2n) is 5.59. The van der Waals surface area contributed by atoms with E-state index in [4.69, 9.17) is 9.84 Å². The molecule has 0 bridgehead atoms. The summed E-state index contributed by atoms with van der Waals surface area (Å²) in [7, 11) is 0. The number of benzene rings is 1. The van der Waals surface area contributed by atoms with Crippen LogP contribution in [0, 0.1) is 0 Å².